The molecule has 8 heteroatoms. The van der Waals surface area contributed by atoms with Gasteiger partial charge in [0.2, 0.25) is 5.91 Å². The van der Waals surface area contributed by atoms with Crippen molar-refractivity contribution in [1.82, 2.24) is 4.90 Å². The summed E-state index contributed by atoms with van der Waals surface area (Å²) in [6.07, 6.45) is 0. The minimum Gasteiger partial charge on any atom is -0.323 e. The van der Waals surface area contributed by atoms with Gasteiger partial charge in [0.05, 0.1) is 16.5 Å². The molecule has 136 valence electrons. The molecule has 3 rings (SSSR count). The van der Waals surface area contributed by atoms with E-state index < -0.39 is 28.4 Å². The minimum absolute atomic E-state index is 0.0487. The van der Waals surface area contributed by atoms with Gasteiger partial charge in [-0.25, -0.2) is 8.78 Å². The molecular formula is C18H17F2N3O3. The van der Waals surface area contributed by atoms with Crippen molar-refractivity contribution >= 4 is 17.3 Å². The molecule has 0 bridgehead atoms. The molecule has 0 aliphatic carbocycles. The van der Waals surface area contributed by atoms with Gasteiger partial charge in [-0.05, 0) is 24.7 Å². The summed E-state index contributed by atoms with van der Waals surface area (Å²) < 4.78 is 27.1. The van der Waals surface area contributed by atoms with Gasteiger partial charge in [-0.15, -0.1) is 0 Å². The molecule has 1 N–H and O–H groups in total. The van der Waals surface area contributed by atoms with Crippen molar-refractivity contribution in [3.05, 3.63) is 69.8 Å². The molecule has 2 aromatic carbocycles. The van der Waals surface area contributed by atoms with Gasteiger partial charge in [0, 0.05) is 31.1 Å². The number of anilines is 1. The Hall–Kier alpha value is -2.87. The molecule has 1 amide bonds. The fraction of sp³-hybridized carbons (Fsp3) is 0.278. The molecule has 2 aromatic rings. The monoisotopic (exact) mass is 361 g/mol. The maximum absolute atomic E-state index is 13.8. The van der Waals surface area contributed by atoms with E-state index in [1.807, 2.05) is 11.9 Å². The lowest BCUT2D eigenvalue weighted by atomic mass is 9.88. The van der Waals surface area contributed by atoms with Crippen molar-refractivity contribution in [2.75, 3.05) is 25.5 Å². The quantitative estimate of drug-likeness (QED) is 0.670. The molecule has 1 saturated heterocycles. The van der Waals surface area contributed by atoms with Crippen LogP contribution in [0.3, 0.4) is 0 Å². The van der Waals surface area contributed by atoms with E-state index in [0.717, 1.165) is 6.07 Å². The highest BCUT2D eigenvalue weighted by molar-refractivity contribution is 5.93. The summed E-state index contributed by atoms with van der Waals surface area (Å²) in [5, 5.41) is 13.4. The summed E-state index contributed by atoms with van der Waals surface area (Å²) in [6.45, 7) is 0.945. The van der Waals surface area contributed by atoms with Gasteiger partial charge in [0.15, 0.2) is 11.6 Å². The summed E-state index contributed by atoms with van der Waals surface area (Å²) in [7, 11) is 1.83. The molecule has 0 spiro atoms. The third-order valence-electron chi connectivity index (χ3n) is 4.56. The number of non-ortho nitro benzene ring substituents is 1. The molecule has 0 unspecified atom stereocenters. The first-order valence-corrected chi connectivity index (χ1v) is 8.04. The van der Waals surface area contributed by atoms with Crippen molar-refractivity contribution in [3.8, 4) is 0 Å². The number of hydrogen-bond acceptors (Lipinski definition) is 4. The summed E-state index contributed by atoms with van der Waals surface area (Å²) in [6, 6.07) is 9.73. The number of nitrogens with one attached hydrogen (secondary N) is 1. The number of hydrogen-bond donors (Lipinski definition) is 1. The maximum Gasteiger partial charge on any atom is 0.269 e. The van der Waals surface area contributed by atoms with Gasteiger partial charge in [-0.1, -0.05) is 18.2 Å². The van der Waals surface area contributed by atoms with E-state index in [1.165, 1.54) is 24.3 Å². The zero-order valence-electron chi connectivity index (χ0n) is 14.0. The largest absolute Gasteiger partial charge is 0.323 e. The van der Waals surface area contributed by atoms with Crippen LogP contribution in [0.15, 0.2) is 42.5 Å². The zero-order chi connectivity index (χ0) is 18.8. The highest BCUT2D eigenvalue weighted by atomic mass is 19.2. The summed E-state index contributed by atoms with van der Waals surface area (Å²) >= 11 is 0. The second kappa shape index (κ2) is 7.17. The molecule has 1 heterocycles. The smallest absolute Gasteiger partial charge is 0.269 e. The second-order valence-corrected chi connectivity index (χ2v) is 6.38. The van der Waals surface area contributed by atoms with Crippen LogP contribution < -0.4 is 5.32 Å². The number of halogens is 2. The molecule has 1 fully saturated rings. The van der Waals surface area contributed by atoms with E-state index in [-0.39, 0.29) is 17.3 Å². The summed E-state index contributed by atoms with van der Waals surface area (Å²) in [5.74, 6) is -3.42. The first kappa shape index (κ1) is 17.9. The lowest BCUT2D eigenvalue weighted by Crippen LogP contribution is -2.28. The van der Waals surface area contributed by atoms with E-state index in [4.69, 9.17) is 0 Å². The van der Waals surface area contributed by atoms with E-state index in [1.54, 1.807) is 12.1 Å². The minimum atomic E-state index is -1.11. The Morgan fingerprint density at radius 2 is 1.96 bits per heavy atom. The van der Waals surface area contributed by atoms with Crippen molar-refractivity contribution in [3.63, 3.8) is 0 Å². The third kappa shape index (κ3) is 3.55. The molecule has 26 heavy (non-hydrogen) atoms. The molecule has 0 saturated carbocycles. The van der Waals surface area contributed by atoms with E-state index in [2.05, 4.69) is 5.32 Å². The van der Waals surface area contributed by atoms with Crippen LogP contribution >= 0.6 is 0 Å². The number of likely N-dealkylation sites (N-methyl/N-ethyl adjacent to an activating group) is 1. The Bertz CT molecular complexity index is 859. The Balaban J connectivity index is 1.85. The van der Waals surface area contributed by atoms with Crippen LogP contribution in [-0.4, -0.2) is 35.9 Å². The lowest BCUT2D eigenvalue weighted by Gasteiger charge is -2.18. The van der Waals surface area contributed by atoms with Crippen LogP contribution in [-0.2, 0) is 4.79 Å². The summed E-state index contributed by atoms with van der Waals surface area (Å²) in [5.41, 5.74) is 0.401. The van der Waals surface area contributed by atoms with E-state index in [0.29, 0.717) is 18.7 Å². The normalized spacial score (nSPS) is 20.1. The van der Waals surface area contributed by atoms with Gasteiger partial charge in [-0.3, -0.25) is 14.9 Å². The van der Waals surface area contributed by atoms with Gasteiger partial charge in [-0.2, -0.15) is 0 Å². The molecule has 1 aliphatic rings. The predicted octanol–water partition coefficient (Wildman–Crippen LogP) is 3.16. The van der Waals surface area contributed by atoms with Crippen molar-refractivity contribution in [1.29, 1.82) is 0 Å². The van der Waals surface area contributed by atoms with Crippen LogP contribution in [0.1, 0.15) is 11.5 Å². The first-order chi connectivity index (χ1) is 12.4. The fourth-order valence-electron chi connectivity index (χ4n) is 3.30. The molecular weight excluding hydrogens is 344 g/mol. The van der Waals surface area contributed by atoms with Gasteiger partial charge >= 0.3 is 0 Å². The highest BCUT2D eigenvalue weighted by Gasteiger charge is 2.37. The molecule has 0 aromatic heterocycles. The van der Waals surface area contributed by atoms with Crippen molar-refractivity contribution < 1.29 is 18.5 Å². The number of carbonyl (C=O) groups excluding carboxylic acids is 1. The van der Waals surface area contributed by atoms with Gasteiger partial charge < -0.3 is 10.2 Å². The molecule has 1 aliphatic heterocycles. The van der Waals surface area contributed by atoms with Crippen LogP contribution in [0, 0.1) is 27.7 Å². The van der Waals surface area contributed by atoms with Crippen LogP contribution in [0.4, 0.5) is 20.2 Å². The van der Waals surface area contributed by atoms with Gasteiger partial charge in [0.25, 0.3) is 5.69 Å². The van der Waals surface area contributed by atoms with Crippen LogP contribution in [0.2, 0.25) is 0 Å². The van der Waals surface area contributed by atoms with Crippen LogP contribution in [0.5, 0.6) is 0 Å². The SMILES string of the molecule is CN1C[C@H](C(=O)Nc2cccc(F)c2F)[C@@H](c2cccc([N+](=O)[O-])c2)C1. The number of likely N-dealkylation sites (tertiary alicyclic amines) is 1. The Morgan fingerprint density at radius 1 is 1.23 bits per heavy atom. The number of amides is 1. The second-order valence-electron chi connectivity index (χ2n) is 6.38. The van der Waals surface area contributed by atoms with E-state index in [9.17, 15) is 23.7 Å². The number of nitro benzene ring substituents is 1. The van der Waals surface area contributed by atoms with Crippen molar-refractivity contribution in [2.24, 2.45) is 5.92 Å². The lowest BCUT2D eigenvalue weighted by molar-refractivity contribution is -0.384. The Labute approximate surface area is 148 Å². The Kier molecular flexibility index (Phi) is 4.94. The first-order valence-electron chi connectivity index (χ1n) is 8.04. The standard InChI is InChI=1S/C18H17F2N3O3/c1-22-9-13(11-4-2-5-12(8-11)23(25)26)14(10-22)18(24)21-16-7-3-6-15(19)17(16)20/h2-8,13-14H,9-10H2,1H3,(H,21,24)/t13-,14+/m1/s1. The summed E-state index contributed by atoms with van der Waals surface area (Å²) in [4.78, 5) is 25.1. The van der Waals surface area contributed by atoms with Crippen molar-refractivity contribution in [2.45, 2.75) is 5.92 Å². The topological polar surface area (TPSA) is 75.5 Å². The zero-order valence-corrected chi connectivity index (χ0v) is 14.0. The van der Waals surface area contributed by atoms with E-state index >= 15 is 0 Å². The average molecular weight is 361 g/mol. The molecule has 2 atom stereocenters. The third-order valence-corrected chi connectivity index (χ3v) is 4.56. The predicted molar refractivity (Wildman–Crippen MR) is 91.8 cm³/mol. The van der Waals surface area contributed by atoms with Gasteiger partial charge in [0.1, 0.15) is 0 Å². The molecule has 6 nitrogen and oxygen atoms in total. The highest BCUT2D eigenvalue weighted by Crippen LogP contribution is 2.34. The Morgan fingerprint density at radius 3 is 2.69 bits per heavy atom. The number of nitro groups is 1. The average Bonchev–Trinajstić information content (AvgIpc) is 3.01. The fourth-order valence-corrected chi connectivity index (χ4v) is 3.30. The molecule has 0 radical (unpaired) electrons. The number of rotatable bonds is 4. The van der Waals surface area contributed by atoms with Crippen LogP contribution in [0.25, 0.3) is 0 Å². The number of carbonyl (C=O) groups is 1. The number of nitrogens with zero attached hydrogens (tertiary/aromatic N) is 2. The number of benzene rings is 2. The maximum atomic E-state index is 13.8.